The highest BCUT2D eigenvalue weighted by Gasteiger charge is 2.18. The first-order valence-electron chi connectivity index (χ1n) is 10.7. The molecule has 0 saturated heterocycles. The predicted octanol–water partition coefficient (Wildman–Crippen LogP) is 3.78. The van der Waals surface area contributed by atoms with Crippen LogP contribution in [0.2, 0.25) is 0 Å². The number of nitrogens with zero attached hydrogens (tertiary/aromatic N) is 1. The molecule has 8 nitrogen and oxygen atoms in total. The molecule has 34 heavy (non-hydrogen) atoms. The number of hydrogen-bond donors (Lipinski definition) is 3. The largest absolute Gasteiger partial charge is 0.360 e. The van der Waals surface area contributed by atoms with E-state index in [1.54, 1.807) is 36.7 Å². The normalized spacial score (nSPS) is 11.5. The molecule has 2 aromatic carbocycles. The lowest BCUT2D eigenvalue weighted by Gasteiger charge is -2.11. The summed E-state index contributed by atoms with van der Waals surface area (Å²) < 4.78 is 28.4. The molecule has 0 saturated carbocycles. The van der Waals surface area contributed by atoms with Crippen molar-refractivity contribution in [2.24, 2.45) is 0 Å². The maximum atomic E-state index is 13.0. The molecule has 3 N–H and O–H groups in total. The van der Waals surface area contributed by atoms with Crippen LogP contribution in [0.1, 0.15) is 41.3 Å². The number of rotatable bonds is 7. The molecule has 4 rings (SSSR count). The Labute approximate surface area is 197 Å². The molecule has 2 heterocycles. The summed E-state index contributed by atoms with van der Waals surface area (Å²) in [5, 5.41) is 2.78. The highest BCUT2D eigenvalue weighted by Crippen LogP contribution is 2.21. The molecule has 0 unspecified atom stereocenters. The van der Waals surface area contributed by atoms with E-state index < -0.39 is 21.4 Å². The summed E-state index contributed by atoms with van der Waals surface area (Å²) in [6, 6.07) is 14.9. The number of nitrogens with one attached hydrogen (secondary N) is 3. The molecule has 4 aromatic rings. The number of H-pyrrole nitrogens is 1. The lowest BCUT2D eigenvalue weighted by molar-refractivity contribution is 0.0949. The summed E-state index contributed by atoms with van der Waals surface area (Å²) in [6.45, 7) is 4.32. The van der Waals surface area contributed by atoms with Gasteiger partial charge in [0.15, 0.2) is 0 Å². The summed E-state index contributed by atoms with van der Waals surface area (Å²) in [7, 11) is -3.94. The van der Waals surface area contributed by atoms with E-state index in [9.17, 15) is 18.0 Å². The fourth-order valence-electron chi connectivity index (χ4n) is 3.46. The maximum absolute atomic E-state index is 13.0. The van der Waals surface area contributed by atoms with E-state index in [1.165, 1.54) is 24.4 Å². The summed E-state index contributed by atoms with van der Waals surface area (Å²) in [6.07, 6.45) is 4.57. The Morgan fingerprint density at radius 2 is 1.85 bits per heavy atom. The average Bonchev–Trinajstić information content (AvgIpc) is 2.83. The fourth-order valence-corrected chi connectivity index (χ4v) is 4.55. The van der Waals surface area contributed by atoms with Crippen molar-refractivity contribution in [1.29, 1.82) is 0 Å². The van der Waals surface area contributed by atoms with Gasteiger partial charge >= 0.3 is 0 Å². The number of carbonyl (C=O) groups is 1. The van der Waals surface area contributed by atoms with Crippen LogP contribution in [0, 0.1) is 0 Å². The molecular formula is C25H24N4O4S. The van der Waals surface area contributed by atoms with Crippen molar-refractivity contribution < 1.29 is 13.2 Å². The summed E-state index contributed by atoms with van der Waals surface area (Å²) in [5.41, 5.74) is 2.05. The van der Waals surface area contributed by atoms with Crippen LogP contribution in [0.3, 0.4) is 0 Å². The highest BCUT2D eigenvalue weighted by atomic mass is 32.2. The predicted molar refractivity (Wildman–Crippen MR) is 131 cm³/mol. The van der Waals surface area contributed by atoms with Crippen LogP contribution in [0.4, 0.5) is 5.69 Å². The van der Waals surface area contributed by atoms with Gasteiger partial charge in [0.05, 0.1) is 4.90 Å². The first-order valence-corrected chi connectivity index (χ1v) is 12.2. The van der Waals surface area contributed by atoms with Crippen LogP contribution >= 0.6 is 0 Å². The van der Waals surface area contributed by atoms with Gasteiger partial charge in [-0.25, -0.2) is 8.42 Å². The van der Waals surface area contributed by atoms with E-state index in [2.05, 4.69) is 33.9 Å². The zero-order valence-electron chi connectivity index (χ0n) is 18.7. The number of anilines is 1. The third-order valence-corrected chi connectivity index (χ3v) is 6.79. The van der Waals surface area contributed by atoms with Crippen molar-refractivity contribution >= 4 is 32.5 Å². The topological polar surface area (TPSA) is 121 Å². The average molecular weight is 477 g/mol. The number of aromatic amines is 1. The lowest BCUT2D eigenvalue weighted by Crippen LogP contribution is -2.28. The van der Waals surface area contributed by atoms with Gasteiger partial charge in [-0.2, -0.15) is 0 Å². The molecule has 0 aliphatic rings. The Kier molecular flexibility index (Phi) is 6.47. The van der Waals surface area contributed by atoms with E-state index in [0.29, 0.717) is 17.1 Å². The van der Waals surface area contributed by atoms with Gasteiger partial charge in [-0.3, -0.25) is 19.3 Å². The number of aromatic nitrogens is 2. The van der Waals surface area contributed by atoms with Crippen LogP contribution in [0.15, 0.2) is 82.9 Å². The zero-order chi connectivity index (χ0) is 24.3. The van der Waals surface area contributed by atoms with Crippen LogP contribution in [0.25, 0.3) is 10.9 Å². The molecule has 0 spiro atoms. The molecule has 0 bridgehead atoms. The third-order valence-electron chi connectivity index (χ3n) is 5.41. The molecule has 9 heteroatoms. The smallest absolute Gasteiger partial charge is 0.261 e. The number of pyridine rings is 2. The van der Waals surface area contributed by atoms with Crippen molar-refractivity contribution in [3.63, 3.8) is 0 Å². The molecule has 0 atom stereocenters. The molecule has 174 valence electrons. The SMILES string of the molecule is CC(C)c1ccc(NS(=O)(=O)c2ccc3[nH]cc(C(=O)NCc4cccnc4)c(=O)c3c2)cc1. The standard InChI is InChI=1S/C25H24N4O4S/c1-16(2)18-5-7-19(8-6-18)29-34(32,33)20-9-10-23-21(12-20)24(30)22(15-27-23)25(31)28-14-17-4-3-11-26-13-17/h3-13,15-16,29H,14H2,1-2H3,(H,27,30)(H,28,31). The first-order chi connectivity index (χ1) is 16.2. The molecule has 0 fully saturated rings. The van der Waals surface area contributed by atoms with Gasteiger partial charge in [0.2, 0.25) is 5.43 Å². The van der Waals surface area contributed by atoms with Crippen LogP contribution in [0.5, 0.6) is 0 Å². The lowest BCUT2D eigenvalue weighted by atomic mass is 10.0. The number of sulfonamides is 1. The fraction of sp³-hybridized carbons (Fsp3) is 0.160. The minimum absolute atomic E-state index is 0.0774. The van der Waals surface area contributed by atoms with Gasteiger partial charge < -0.3 is 10.3 Å². The van der Waals surface area contributed by atoms with Crippen LogP contribution in [-0.4, -0.2) is 24.3 Å². The molecule has 2 aromatic heterocycles. The van der Waals surface area contributed by atoms with Gasteiger partial charge in [0.1, 0.15) is 5.56 Å². The Morgan fingerprint density at radius 3 is 2.53 bits per heavy atom. The van der Waals surface area contributed by atoms with E-state index in [1.807, 2.05) is 12.1 Å². The number of carbonyl (C=O) groups excluding carboxylic acids is 1. The van der Waals surface area contributed by atoms with Crippen LogP contribution in [-0.2, 0) is 16.6 Å². The second-order valence-electron chi connectivity index (χ2n) is 8.17. The minimum Gasteiger partial charge on any atom is -0.360 e. The van der Waals surface area contributed by atoms with Gasteiger partial charge in [-0.05, 0) is 53.4 Å². The van der Waals surface area contributed by atoms with Gasteiger partial charge in [-0.1, -0.05) is 32.0 Å². The Balaban J connectivity index is 1.60. The van der Waals surface area contributed by atoms with Crippen molar-refractivity contribution in [3.8, 4) is 0 Å². The second kappa shape index (κ2) is 9.48. The first kappa shape index (κ1) is 23.2. The van der Waals surface area contributed by atoms with Gasteiger partial charge in [-0.15, -0.1) is 0 Å². The molecular weight excluding hydrogens is 452 g/mol. The number of hydrogen-bond acceptors (Lipinski definition) is 5. The molecule has 1 amide bonds. The number of fused-ring (bicyclic) bond motifs is 1. The maximum Gasteiger partial charge on any atom is 0.261 e. The van der Waals surface area contributed by atoms with Crippen molar-refractivity contribution in [2.45, 2.75) is 31.2 Å². The quantitative estimate of drug-likeness (QED) is 0.375. The van der Waals surface area contributed by atoms with Gasteiger partial charge in [0.25, 0.3) is 15.9 Å². The number of amides is 1. The summed E-state index contributed by atoms with van der Waals surface area (Å²) in [5.74, 6) is -0.239. The summed E-state index contributed by atoms with van der Waals surface area (Å²) in [4.78, 5) is 32.4. The van der Waals surface area contributed by atoms with Crippen molar-refractivity contribution in [1.82, 2.24) is 15.3 Å². The van der Waals surface area contributed by atoms with E-state index >= 15 is 0 Å². The number of benzene rings is 2. The molecule has 0 aliphatic carbocycles. The van der Waals surface area contributed by atoms with E-state index in [4.69, 9.17) is 0 Å². The van der Waals surface area contributed by atoms with E-state index in [0.717, 1.165) is 11.1 Å². The second-order valence-corrected chi connectivity index (χ2v) is 9.85. The Bertz CT molecular complexity index is 1500. The van der Waals surface area contributed by atoms with Gasteiger partial charge in [0, 0.05) is 41.7 Å². The molecule has 0 aliphatic heterocycles. The monoisotopic (exact) mass is 476 g/mol. The highest BCUT2D eigenvalue weighted by molar-refractivity contribution is 7.92. The minimum atomic E-state index is -3.94. The van der Waals surface area contributed by atoms with Crippen molar-refractivity contribution in [2.75, 3.05) is 4.72 Å². The third kappa shape index (κ3) is 4.99. The zero-order valence-corrected chi connectivity index (χ0v) is 19.5. The molecule has 0 radical (unpaired) electrons. The Morgan fingerprint density at radius 1 is 1.09 bits per heavy atom. The van der Waals surface area contributed by atoms with Crippen LogP contribution < -0.4 is 15.5 Å². The summed E-state index contributed by atoms with van der Waals surface area (Å²) >= 11 is 0. The van der Waals surface area contributed by atoms with Crippen molar-refractivity contribution in [3.05, 3.63) is 100 Å². The Hall–Kier alpha value is -3.98. The van der Waals surface area contributed by atoms with E-state index in [-0.39, 0.29) is 22.4 Å².